The number of nitrogens with zero attached hydrogens (tertiary/aromatic N) is 2. The van der Waals surface area contributed by atoms with Gasteiger partial charge in [0.25, 0.3) is 0 Å². The maximum Gasteiger partial charge on any atom is 0.144 e. The Morgan fingerprint density at radius 2 is 2.04 bits per heavy atom. The number of allylic oxidation sites excluding steroid dienone is 3. The highest BCUT2D eigenvalue weighted by atomic mass is 79.9. The van der Waals surface area contributed by atoms with Crippen LogP contribution in [0.1, 0.15) is 12.8 Å². The van der Waals surface area contributed by atoms with E-state index in [1.807, 2.05) is 18.2 Å². The Kier molecular flexibility index (Phi) is 5.95. The van der Waals surface area contributed by atoms with Crippen molar-refractivity contribution in [1.29, 1.82) is 0 Å². The molecule has 1 heterocycles. The van der Waals surface area contributed by atoms with Gasteiger partial charge in [0.15, 0.2) is 0 Å². The van der Waals surface area contributed by atoms with Crippen LogP contribution >= 0.6 is 15.9 Å². The minimum absolute atomic E-state index is 0.422. The summed E-state index contributed by atoms with van der Waals surface area (Å²) in [5.41, 5.74) is 8.27. The van der Waals surface area contributed by atoms with Crippen LogP contribution in [0.15, 0.2) is 40.5 Å². The van der Waals surface area contributed by atoms with Gasteiger partial charge < -0.3 is 25.3 Å². The Hall–Kier alpha value is -2.32. The summed E-state index contributed by atoms with van der Waals surface area (Å²) in [4.78, 5) is 8.70. The van der Waals surface area contributed by atoms with Crippen LogP contribution in [0.3, 0.4) is 0 Å². The lowest BCUT2D eigenvalue weighted by atomic mass is 10.1. The molecular weight excluding hydrogens is 400 g/mol. The molecule has 0 atom stereocenters. The van der Waals surface area contributed by atoms with Crippen LogP contribution in [0, 0.1) is 0 Å². The van der Waals surface area contributed by atoms with E-state index in [1.165, 1.54) is 6.33 Å². The van der Waals surface area contributed by atoms with Gasteiger partial charge in [0.1, 0.15) is 30.3 Å². The van der Waals surface area contributed by atoms with Crippen molar-refractivity contribution in [3.8, 4) is 5.75 Å². The number of nitrogen functional groups attached to an aromatic ring is 1. The van der Waals surface area contributed by atoms with Gasteiger partial charge in [-0.2, -0.15) is 0 Å². The molecule has 1 aromatic carbocycles. The van der Waals surface area contributed by atoms with E-state index < -0.39 is 0 Å². The van der Waals surface area contributed by atoms with E-state index in [0.29, 0.717) is 30.5 Å². The quantitative estimate of drug-likeness (QED) is 0.522. The third-order valence-corrected chi connectivity index (χ3v) is 4.63. The number of benzene rings is 1. The number of fused-ring (bicyclic) bond motifs is 1. The Morgan fingerprint density at radius 1 is 1.19 bits per heavy atom. The number of hydrogen-bond donors (Lipinski definition) is 2. The van der Waals surface area contributed by atoms with Crippen molar-refractivity contribution >= 4 is 38.3 Å². The molecule has 2 aromatic rings. The molecule has 1 aliphatic carbocycles. The zero-order chi connectivity index (χ0) is 18.5. The third kappa shape index (κ3) is 4.08. The van der Waals surface area contributed by atoms with Gasteiger partial charge in [-0.1, -0.05) is 15.9 Å². The molecule has 1 aliphatic rings. The number of aromatic nitrogens is 2. The predicted molar refractivity (Wildman–Crippen MR) is 105 cm³/mol. The van der Waals surface area contributed by atoms with Gasteiger partial charge in [-0.05, 0) is 23.0 Å². The molecule has 0 unspecified atom stereocenters. The maximum atomic E-state index is 6.14. The van der Waals surface area contributed by atoms with Crippen LogP contribution in [0.25, 0.3) is 10.9 Å². The number of nitrogens with two attached hydrogens (primary N) is 1. The molecule has 0 spiro atoms. The molecule has 0 aliphatic heterocycles. The minimum Gasteiger partial charge on any atom is -0.499 e. The third-order valence-electron chi connectivity index (χ3n) is 4.00. The molecule has 0 radical (unpaired) electrons. The van der Waals surface area contributed by atoms with E-state index in [-0.39, 0.29) is 0 Å². The number of nitrogens with one attached hydrogen (secondary N) is 1. The van der Waals surface area contributed by atoms with Crippen LogP contribution in [0.2, 0.25) is 0 Å². The second kappa shape index (κ2) is 8.37. The molecule has 3 N–H and O–H groups in total. The van der Waals surface area contributed by atoms with Crippen LogP contribution in [-0.4, -0.2) is 37.4 Å². The Balaban J connectivity index is 1.94. The SMILES string of the molecule is COCCOc1cc2ncnc(NC3=C(OC)CCC(Br)=C3)c2cc1N. The highest BCUT2D eigenvalue weighted by Gasteiger charge is 2.15. The van der Waals surface area contributed by atoms with Gasteiger partial charge in [-0.25, -0.2) is 9.97 Å². The van der Waals surface area contributed by atoms with Crippen molar-refractivity contribution in [1.82, 2.24) is 9.97 Å². The molecule has 8 heteroatoms. The monoisotopic (exact) mass is 420 g/mol. The fourth-order valence-electron chi connectivity index (χ4n) is 2.68. The number of rotatable bonds is 7. The highest BCUT2D eigenvalue weighted by Crippen LogP contribution is 2.33. The summed E-state index contributed by atoms with van der Waals surface area (Å²) in [6.45, 7) is 0.911. The van der Waals surface area contributed by atoms with E-state index in [9.17, 15) is 0 Å². The smallest absolute Gasteiger partial charge is 0.144 e. The fraction of sp³-hybridized carbons (Fsp3) is 0.333. The van der Waals surface area contributed by atoms with Gasteiger partial charge in [0, 0.05) is 25.0 Å². The summed E-state index contributed by atoms with van der Waals surface area (Å²) in [7, 11) is 3.29. The summed E-state index contributed by atoms with van der Waals surface area (Å²) in [6, 6.07) is 3.62. The molecule has 26 heavy (non-hydrogen) atoms. The molecule has 1 aromatic heterocycles. The molecule has 3 rings (SSSR count). The number of anilines is 2. The lowest BCUT2D eigenvalue weighted by Crippen LogP contribution is -2.09. The summed E-state index contributed by atoms with van der Waals surface area (Å²) in [5.74, 6) is 2.12. The van der Waals surface area contributed by atoms with Gasteiger partial charge in [-0.3, -0.25) is 0 Å². The zero-order valence-electron chi connectivity index (χ0n) is 14.7. The van der Waals surface area contributed by atoms with Gasteiger partial charge in [0.2, 0.25) is 0 Å². The molecule has 0 bridgehead atoms. The van der Waals surface area contributed by atoms with Crippen LogP contribution in [-0.2, 0) is 9.47 Å². The largest absolute Gasteiger partial charge is 0.499 e. The minimum atomic E-state index is 0.422. The second-order valence-corrected chi connectivity index (χ2v) is 6.75. The van der Waals surface area contributed by atoms with Crippen molar-refractivity contribution in [3.05, 3.63) is 40.5 Å². The average molecular weight is 421 g/mol. The van der Waals surface area contributed by atoms with Gasteiger partial charge in [-0.15, -0.1) is 0 Å². The van der Waals surface area contributed by atoms with E-state index in [4.69, 9.17) is 19.9 Å². The first kappa shape index (κ1) is 18.5. The lowest BCUT2D eigenvalue weighted by molar-refractivity contribution is 0.147. The molecule has 0 saturated carbocycles. The van der Waals surface area contributed by atoms with E-state index >= 15 is 0 Å². The van der Waals surface area contributed by atoms with Crippen LogP contribution in [0.4, 0.5) is 11.5 Å². The molecular formula is C18H21BrN4O3. The Morgan fingerprint density at radius 3 is 2.81 bits per heavy atom. The average Bonchev–Trinajstić information content (AvgIpc) is 2.63. The standard InChI is InChI=1S/C18H21BrN4O3/c1-24-5-6-26-17-9-14-12(8-13(17)20)18(22-10-21-14)23-15-7-11(19)3-4-16(15)25-2/h7-10H,3-6,20H2,1-2H3,(H,21,22,23). The van der Waals surface area contributed by atoms with E-state index in [2.05, 4.69) is 31.2 Å². The predicted octanol–water partition coefficient (Wildman–Crippen LogP) is 3.58. The van der Waals surface area contributed by atoms with E-state index in [0.717, 1.165) is 39.7 Å². The van der Waals surface area contributed by atoms with E-state index in [1.54, 1.807) is 14.2 Å². The number of hydrogen-bond acceptors (Lipinski definition) is 7. The molecule has 0 saturated heterocycles. The first-order valence-electron chi connectivity index (χ1n) is 8.18. The molecule has 0 fully saturated rings. The number of ether oxygens (including phenoxy) is 3. The summed E-state index contributed by atoms with van der Waals surface area (Å²) in [6.07, 6.45) is 5.24. The van der Waals surface area contributed by atoms with Gasteiger partial charge in [0.05, 0.1) is 30.6 Å². The molecule has 0 amide bonds. The number of methoxy groups -OCH3 is 2. The number of halogens is 1. The second-order valence-electron chi connectivity index (χ2n) is 5.73. The summed E-state index contributed by atoms with van der Waals surface area (Å²) < 4.78 is 17.2. The lowest BCUT2D eigenvalue weighted by Gasteiger charge is -2.18. The van der Waals surface area contributed by atoms with Crippen molar-refractivity contribution < 1.29 is 14.2 Å². The summed E-state index contributed by atoms with van der Waals surface area (Å²) in [5, 5.41) is 4.14. The normalized spacial score (nSPS) is 14.3. The highest BCUT2D eigenvalue weighted by molar-refractivity contribution is 9.11. The Labute approximate surface area is 160 Å². The molecule has 138 valence electrons. The van der Waals surface area contributed by atoms with Crippen LogP contribution < -0.4 is 15.8 Å². The Bertz CT molecular complexity index is 867. The van der Waals surface area contributed by atoms with Crippen molar-refractivity contribution in [2.24, 2.45) is 0 Å². The van der Waals surface area contributed by atoms with Crippen molar-refractivity contribution in [3.63, 3.8) is 0 Å². The fourth-order valence-corrected chi connectivity index (χ4v) is 3.11. The first-order chi connectivity index (χ1) is 12.6. The van der Waals surface area contributed by atoms with Crippen LogP contribution in [0.5, 0.6) is 5.75 Å². The first-order valence-corrected chi connectivity index (χ1v) is 8.98. The molecule has 7 nitrogen and oxygen atoms in total. The van der Waals surface area contributed by atoms with Gasteiger partial charge >= 0.3 is 0 Å². The van der Waals surface area contributed by atoms with Crippen molar-refractivity contribution in [2.75, 3.05) is 38.5 Å². The zero-order valence-corrected chi connectivity index (χ0v) is 16.3. The topological polar surface area (TPSA) is 91.5 Å². The summed E-state index contributed by atoms with van der Waals surface area (Å²) >= 11 is 3.55. The maximum absolute atomic E-state index is 6.14. The van der Waals surface area contributed by atoms with Crippen molar-refractivity contribution in [2.45, 2.75) is 12.8 Å².